The third-order valence-corrected chi connectivity index (χ3v) is 3.52. The molecule has 2 N–H and O–H groups in total. The van der Waals surface area contributed by atoms with Crippen molar-refractivity contribution >= 4 is 24.0 Å². The molecule has 2 aromatic rings. The molecular formula is C13H12Cl2F2N2. The highest BCUT2D eigenvalue weighted by atomic mass is 35.5. The van der Waals surface area contributed by atoms with Crippen LogP contribution in [0, 0.1) is 11.6 Å². The van der Waals surface area contributed by atoms with Gasteiger partial charge in [0.05, 0.1) is 0 Å². The van der Waals surface area contributed by atoms with E-state index in [0.29, 0.717) is 5.56 Å². The zero-order chi connectivity index (χ0) is 12.7. The lowest BCUT2D eigenvalue weighted by Gasteiger charge is -2.11. The standard InChI is InChI=1S/C13H11ClF2N2.ClH/c14-13-9(15)3-8(4-10(13)16)11-5-7-1-2-17-6-12(7)18-11;/h3-5,17-18H,1-2,6H2;1H. The Morgan fingerprint density at radius 1 is 1.11 bits per heavy atom. The van der Waals surface area contributed by atoms with Gasteiger partial charge in [0.2, 0.25) is 0 Å². The number of aromatic nitrogens is 1. The van der Waals surface area contributed by atoms with E-state index in [1.165, 1.54) is 17.7 Å². The summed E-state index contributed by atoms with van der Waals surface area (Å²) in [6.45, 7) is 1.68. The van der Waals surface area contributed by atoms with Crippen molar-refractivity contribution in [2.75, 3.05) is 6.54 Å². The fourth-order valence-electron chi connectivity index (χ4n) is 2.22. The molecule has 1 aliphatic heterocycles. The van der Waals surface area contributed by atoms with Crippen LogP contribution in [-0.2, 0) is 13.0 Å². The van der Waals surface area contributed by atoms with Gasteiger partial charge in [0.25, 0.3) is 0 Å². The fraction of sp³-hybridized carbons (Fsp3) is 0.231. The van der Waals surface area contributed by atoms with Gasteiger partial charge in [-0.25, -0.2) is 8.78 Å². The van der Waals surface area contributed by atoms with Gasteiger partial charge in [0, 0.05) is 23.5 Å². The normalized spacial score (nSPS) is 13.8. The zero-order valence-corrected chi connectivity index (χ0v) is 11.5. The molecule has 0 fully saturated rings. The van der Waals surface area contributed by atoms with Crippen LogP contribution < -0.4 is 5.32 Å². The number of rotatable bonds is 1. The highest BCUT2D eigenvalue weighted by Gasteiger charge is 2.15. The second kappa shape index (κ2) is 5.49. The summed E-state index contributed by atoms with van der Waals surface area (Å²) in [6.07, 6.45) is 0.921. The SMILES string of the molecule is Cl.Fc1cc(-c2cc3c([nH]2)CNCC3)cc(F)c1Cl. The van der Waals surface area contributed by atoms with Crippen molar-refractivity contribution in [2.45, 2.75) is 13.0 Å². The van der Waals surface area contributed by atoms with Crippen LogP contribution in [0.1, 0.15) is 11.3 Å². The third-order valence-electron chi connectivity index (χ3n) is 3.16. The minimum Gasteiger partial charge on any atom is -0.357 e. The topological polar surface area (TPSA) is 27.8 Å². The van der Waals surface area contributed by atoms with E-state index in [1.807, 2.05) is 6.07 Å². The van der Waals surface area contributed by atoms with Crippen LogP contribution in [0.15, 0.2) is 18.2 Å². The minimum absolute atomic E-state index is 0. The number of benzene rings is 1. The molecule has 0 spiro atoms. The lowest BCUT2D eigenvalue weighted by atomic mass is 10.1. The maximum Gasteiger partial charge on any atom is 0.145 e. The molecule has 102 valence electrons. The van der Waals surface area contributed by atoms with E-state index in [0.717, 1.165) is 30.9 Å². The number of nitrogens with one attached hydrogen (secondary N) is 2. The van der Waals surface area contributed by atoms with Crippen LogP contribution in [0.25, 0.3) is 11.3 Å². The monoisotopic (exact) mass is 304 g/mol. The number of fused-ring (bicyclic) bond motifs is 1. The molecule has 0 amide bonds. The molecule has 0 bridgehead atoms. The lowest BCUT2D eigenvalue weighted by molar-refractivity contribution is 0.585. The van der Waals surface area contributed by atoms with E-state index in [4.69, 9.17) is 11.6 Å². The molecule has 0 atom stereocenters. The lowest BCUT2D eigenvalue weighted by Crippen LogP contribution is -2.22. The van der Waals surface area contributed by atoms with Crippen molar-refractivity contribution in [1.29, 1.82) is 0 Å². The predicted molar refractivity (Wildman–Crippen MR) is 73.8 cm³/mol. The van der Waals surface area contributed by atoms with Crippen molar-refractivity contribution in [3.05, 3.63) is 46.1 Å². The molecule has 1 aromatic heterocycles. The molecule has 19 heavy (non-hydrogen) atoms. The van der Waals surface area contributed by atoms with Gasteiger partial charge < -0.3 is 10.3 Å². The Kier molecular flexibility index (Phi) is 4.13. The summed E-state index contributed by atoms with van der Waals surface area (Å²) in [6, 6.07) is 4.44. The summed E-state index contributed by atoms with van der Waals surface area (Å²) in [4.78, 5) is 3.18. The smallest absolute Gasteiger partial charge is 0.145 e. The first-order valence-corrected chi connectivity index (χ1v) is 6.09. The maximum absolute atomic E-state index is 13.4. The molecule has 6 heteroatoms. The molecule has 0 aliphatic carbocycles. The van der Waals surface area contributed by atoms with Gasteiger partial charge in [-0.15, -0.1) is 12.4 Å². The molecule has 1 aliphatic rings. The Bertz CT molecular complexity index is 564. The molecule has 0 unspecified atom stereocenters. The van der Waals surface area contributed by atoms with E-state index in [9.17, 15) is 8.78 Å². The molecule has 1 aromatic carbocycles. The predicted octanol–water partition coefficient (Wildman–Crippen LogP) is 3.68. The molecule has 2 heterocycles. The van der Waals surface area contributed by atoms with E-state index in [-0.39, 0.29) is 12.4 Å². The van der Waals surface area contributed by atoms with Gasteiger partial charge >= 0.3 is 0 Å². The Morgan fingerprint density at radius 2 is 1.79 bits per heavy atom. The molecule has 3 rings (SSSR count). The zero-order valence-electron chi connectivity index (χ0n) is 9.90. The Labute approximate surface area is 120 Å². The van der Waals surface area contributed by atoms with Gasteiger partial charge in [-0.05, 0) is 36.7 Å². The van der Waals surface area contributed by atoms with Crippen LogP contribution in [0.2, 0.25) is 5.02 Å². The first kappa shape index (κ1) is 14.3. The fourth-order valence-corrected chi connectivity index (χ4v) is 2.33. The quantitative estimate of drug-likeness (QED) is 0.773. The van der Waals surface area contributed by atoms with Crippen molar-refractivity contribution in [2.24, 2.45) is 0 Å². The van der Waals surface area contributed by atoms with E-state index in [1.54, 1.807) is 0 Å². The number of hydrogen-bond donors (Lipinski definition) is 2. The Hall–Kier alpha value is -1.10. The summed E-state index contributed by atoms with van der Waals surface area (Å²) in [5, 5.41) is 2.78. The summed E-state index contributed by atoms with van der Waals surface area (Å²) < 4.78 is 26.8. The van der Waals surface area contributed by atoms with Gasteiger partial charge in [-0.3, -0.25) is 0 Å². The molecular weight excluding hydrogens is 293 g/mol. The Balaban J connectivity index is 0.00000133. The molecule has 0 saturated carbocycles. The molecule has 0 saturated heterocycles. The van der Waals surface area contributed by atoms with Crippen molar-refractivity contribution in [1.82, 2.24) is 10.3 Å². The van der Waals surface area contributed by atoms with Gasteiger partial charge in [-0.2, -0.15) is 0 Å². The second-order valence-electron chi connectivity index (χ2n) is 4.37. The van der Waals surface area contributed by atoms with Gasteiger partial charge in [-0.1, -0.05) is 11.6 Å². The average Bonchev–Trinajstić information content (AvgIpc) is 2.79. The average molecular weight is 305 g/mol. The first-order valence-electron chi connectivity index (χ1n) is 5.71. The van der Waals surface area contributed by atoms with Crippen LogP contribution >= 0.6 is 24.0 Å². The largest absolute Gasteiger partial charge is 0.357 e. The van der Waals surface area contributed by atoms with Crippen LogP contribution in [0.5, 0.6) is 0 Å². The van der Waals surface area contributed by atoms with Crippen LogP contribution in [-0.4, -0.2) is 11.5 Å². The summed E-state index contributed by atoms with van der Waals surface area (Å²) >= 11 is 5.47. The summed E-state index contributed by atoms with van der Waals surface area (Å²) in [7, 11) is 0. The number of aromatic amines is 1. The number of hydrogen-bond acceptors (Lipinski definition) is 1. The van der Waals surface area contributed by atoms with E-state index >= 15 is 0 Å². The first-order chi connectivity index (χ1) is 8.65. The van der Waals surface area contributed by atoms with Crippen molar-refractivity contribution in [3.8, 4) is 11.3 Å². The van der Waals surface area contributed by atoms with E-state index in [2.05, 4.69) is 10.3 Å². The highest BCUT2D eigenvalue weighted by Crippen LogP contribution is 2.28. The number of halogens is 4. The molecule has 2 nitrogen and oxygen atoms in total. The summed E-state index contributed by atoms with van der Waals surface area (Å²) in [5.41, 5.74) is 3.47. The second-order valence-corrected chi connectivity index (χ2v) is 4.75. The van der Waals surface area contributed by atoms with Crippen LogP contribution in [0.4, 0.5) is 8.78 Å². The van der Waals surface area contributed by atoms with Crippen molar-refractivity contribution < 1.29 is 8.78 Å². The van der Waals surface area contributed by atoms with Crippen molar-refractivity contribution in [3.63, 3.8) is 0 Å². The number of H-pyrrole nitrogens is 1. The Morgan fingerprint density at radius 3 is 2.42 bits per heavy atom. The summed E-state index contributed by atoms with van der Waals surface area (Å²) in [5.74, 6) is -1.48. The van der Waals surface area contributed by atoms with Gasteiger partial charge in [0.15, 0.2) is 0 Å². The molecule has 0 radical (unpaired) electrons. The highest BCUT2D eigenvalue weighted by molar-refractivity contribution is 6.30. The third kappa shape index (κ3) is 2.61. The van der Waals surface area contributed by atoms with Gasteiger partial charge in [0.1, 0.15) is 16.7 Å². The maximum atomic E-state index is 13.4. The van der Waals surface area contributed by atoms with E-state index < -0.39 is 16.7 Å². The van der Waals surface area contributed by atoms with Crippen LogP contribution in [0.3, 0.4) is 0 Å². The minimum atomic E-state index is -0.739.